The Balaban J connectivity index is 1.38. The Morgan fingerprint density at radius 3 is 1.15 bits per heavy atom. The van der Waals surface area contributed by atoms with Crippen molar-refractivity contribution >= 4 is 112 Å². The molecule has 1 fully saturated rings. The van der Waals surface area contributed by atoms with E-state index in [0.29, 0.717) is 34.4 Å². The molecule has 0 spiro atoms. The number of carbonyl (C=O) groups is 17. The second kappa shape index (κ2) is 51.1. The Hall–Kier alpha value is -11.9. The van der Waals surface area contributed by atoms with E-state index < -0.39 is 242 Å². The van der Waals surface area contributed by atoms with Crippen LogP contribution in [0.25, 0.3) is 0 Å². The number of aliphatic carboxylic acids is 1. The Bertz CT molecular complexity index is 4250. The minimum Gasteiger partial charge on any atom is -0.480 e. The van der Waals surface area contributed by atoms with Gasteiger partial charge in [-0.1, -0.05) is 149 Å². The van der Waals surface area contributed by atoms with Gasteiger partial charge in [0.15, 0.2) is 0 Å². The summed E-state index contributed by atoms with van der Waals surface area (Å²) in [6, 6.07) is 10.9. The van der Waals surface area contributed by atoms with Gasteiger partial charge in [0.1, 0.15) is 84.6 Å². The number of carbonyl (C=O) groups excluding carboxylic acids is 16. The number of likely N-dealkylation sites (tertiary alicyclic amines) is 1. The number of hydrogen-bond donors (Lipinski definition) is 20. The van der Waals surface area contributed by atoms with Crippen LogP contribution in [0.5, 0.6) is 0 Å². The number of aliphatic hydroxyl groups is 3. The third-order valence-corrected chi connectivity index (χ3v) is 20.7. The molecule has 4 aromatic carbocycles. The molecule has 0 saturated carbocycles. The van der Waals surface area contributed by atoms with Gasteiger partial charge >= 0.3 is 5.97 Å². The number of nitrogens with zero attached hydrogens (tertiary/aromatic N) is 1. The minimum absolute atomic E-state index is 0.0407. The highest BCUT2D eigenvalue weighted by atomic mass is 32.2. The van der Waals surface area contributed by atoms with Crippen molar-refractivity contribution in [2.75, 3.05) is 25.2 Å². The number of thioether (sulfide) groups is 1. The summed E-state index contributed by atoms with van der Waals surface area (Å²) in [7, 11) is 0. The Morgan fingerprint density at radius 2 is 0.740 bits per heavy atom. The number of amides is 16. The Kier molecular flexibility index (Phi) is 42.2. The molecule has 4 aromatic rings. The molecular formula is C84H119N17O21S. The molecule has 17 atom stereocenters. The smallest absolute Gasteiger partial charge is 0.328 e. The van der Waals surface area contributed by atoms with Gasteiger partial charge in [-0.25, -0.2) is 4.79 Å². The van der Waals surface area contributed by atoms with Gasteiger partial charge in [0, 0.05) is 45.1 Å². The topological polar surface area (TPSA) is 609 Å². The molecule has 16 amide bonds. The van der Waals surface area contributed by atoms with E-state index >= 15 is 14.4 Å². The summed E-state index contributed by atoms with van der Waals surface area (Å²) < 4.78 is 0. The normalized spacial score (nSPS) is 16.3. The van der Waals surface area contributed by atoms with Crippen LogP contribution in [0, 0.1) is 11.8 Å². The zero-order chi connectivity index (χ0) is 91.3. The minimum atomic E-state index is -1.80. The molecule has 1 aliphatic heterocycles. The van der Waals surface area contributed by atoms with Crippen molar-refractivity contribution < 1.29 is 102 Å². The molecule has 0 radical (unpaired) electrons. The van der Waals surface area contributed by atoms with Gasteiger partial charge in [0.2, 0.25) is 94.5 Å². The van der Waals surface area contributed by atoms with Crippen molar-refractivity contribution in [3.63, 3.8) is 0 Å². The standard InChI is InChI=1S/C84H119N17O21S/c1-45(2)39-58(95-80(117)67(46(3)4)98-77(114)60(41-52-25-16-11-17-26-52)92-70(107)47(5)89-73(110)56(32-34-65(86)105)91-81(118)68(49(7)103)99-71(108)48(6)88-72(109)55(85)36-38-123-9)75(112)93-59(40-51-23-14-10-15-24-51)76(113)90-57(33-35-66(87)106)74(111)96-62(43-54-29-20-13-21-30-54)83(120)101-37-22-31-64(101)79(116)94-61(42-53-27-18-12-19-28-53)78(115)100-69(50(8)104)82(119)97-63(44-102)84(121)122/h10-21,23-30,45-50,55-64,67-69,102-104H,22,31-44,85H2,1-9H3,(H2,86,105)(H2,87,106)(H,88,109)(H,89,110)(H,90,113)(H,91,118)(H,92,107)(H,93,112)(H,94,116)(H,95,117)(H,96,111)(H,97,119)(H,98,114)(H,99,108)(H,100,115)(H,121,122)/t47-,48-,49+,50+,55-,56-,57-,58-,59-,60-,61-,62-,63-,64-,67-,68-,69-/m0/s1. The van der Waals surface area contributed by atoms with Crippen LogP contribution < -0.4 is 86.3 Å². The number of hydrogen-bond acceptors (Lipinski definition) is 22. The first-order chi connectivity index (χ1) is 58.2. The third-order valence-electron chi connectivity index (χ3n) is 20.1. The van der Waals surface area contributed by atoms with Crippen LogP contribution in [-0.4, -0.2) is 254 Å². The fourth-order valence-electron chi connectivity index (χ4n) is 13.2. The van der Waals surface area contributed by atoms with Crippen molar-refractivity contribution in [1.82, 2.24) is 74.0 Å². The van der Waals surface area contributed by atoms with Crippen LogP contribution in [0.4, 0.5) is 0 Å². The van der Waals surface area contributed by atoms with E-state index in [1.807, 2.05) is 6.26 Å². The van der Waals surface area contributed by atoms with E-state index in [2.05, 4.69) is 69.1 Å². The second-order valence-electron chi connectivity index (χ2n) is 31.1. The van der Waals surface area contributed by atoms with Gasteiger partial charge in [-0.15, -0.1) is 0 Å². The van der Waals surface area contributed by atoms with Crippen molar-refractivity contribution in [1.29, 1.82) is 0 Å². The molecule has 23 N–H and O–H groups in total. The molecule has 672 valence electrons. The molecule has 38 nitrogen and oxygen atoms in total. The van der Waals surface area contributed by atoms with E-state index in [-0.39, 0.29) is 57.4 Å². The van der Waals surface area contributed by atoms with Crippen molar-refractivity contribution in [3.8, 4) is 0 Å². The summed E-state index contributed by atoms with van der Waals surface area (Å²) >= 11 is 1.46. The fourth-order valence-corrected chi connectivity index (χ4v) is 13.7. The highest BCUT2D eigenvalue weighted by molar-refractivity contribution is 7.98. The van der Waals surface area contributed by atoms with Gasteiger partial charge < -0.3 is 112 Å². The maximum Gasteiger partial charge on any atom is 0.328 e. The van der Waals surface area contributed by atoms with Crippen LogP contribution in [0.15, 0.2) is 121 Å². The van der Waals surface area contributed by atoms with Crippen LogP contribution in [0.2, 0.25) is 0 Å². The number of aliphatic hydroxyl groups excluding tert-OH is 3. The zero-order valence-corrected chi connectivity index (χ0v) is 71.3. The van der Waals surface area contributed by atoms with Crippen molar-refractivity contribution in [2.45, 2.75) is 235 Å². The lowest BCUT2D eigenvalue weighted by Gasteiger charge is -2.31. The largest absolute Gasteiger partial charge is 0.480 e. The van der Waals surface area contributed by atoms with E-state index in [1.165, 1.54) is 37.4 Å². The zero-order valence-electron chi connectivity index (χ0n) is 70.4. The van der Waals surface area contributed by atoms with Crippen LogP contribution >= 0.6 is 11.8 Å². The number of primary amides is 2. The molecule has 0 bridgehead atoms. The third kappa shape index (κ3) is 34.1. The molecule has 5 rings (SSSR count). The van der Waals surface area contributed by atoms with Gasteiger partial charge in [0.25, 0.3) is 0 Å². The predicted molar refractivity (Wildman–Crippen MR) is 452 cm³/mol. The van der Waals surface area contributed by atoms with E-state index in [1.54, 1.807) is 149 Å². The predicted octanol–water partition coefficient (Wildman–Crippen LogP) is -3.56. The summed E-state index contributed by atoms with van der Waals surface area (Å²) in [5.74, 6) is -17.0. The highest BCUT2D eigenvalue weighted by Gasteiger charge is 2.43. The van der Waals surface area contributed by atoms with Crippen LogP contribution in [0.1, 0.15) is 129 Å². The van der Waals surface area contributed by atoms with Gasteiger partial charge in [-0.3, -0.25) is 76.7 Å². The maximum absolute atomic E-state index is 15.2. The maximum atomic E-state index is 15.2. The average molecular weight is 1740 g/mol. The second-order valence-corrected chi connectivity index (χ2v) is 32.1. The van der Waals surface area contributed by atoms with Gasteiger partial charge in [0.05, 0.1) is 24.9 Å². The van der Waals surface area contributed by atoms with Crippen molar-refractivity contribution in [3.05, 3.63) is 144 Å². The summed E-state index contributed by atoms with van der Waals surface area (Å²) in [6.07, 6.45) is -3.55. The van der Waals surface area contributed by atoms with E-state index in [4.69, 9.17) is 17.2 Å². The first-order valence-electron chi connectivity index (χ1n) is 40.6. The van der Waals surface area contributed by atoms with E-state index in [0.717, 1.165) is 6.92 Å². The number of nitrogens with two attached hydrogens (primary N) is 3. The number of nitrogens with one attached hydrogen (secondary N) is 13. The summed E-state index contributed by atoms with van der Waals surface area (Å²) in [5.41, 5.74) is 19.1. The van der Waals surface area contributed by atoms with Crippen LogP contribution in [-0.2, 0) is 107 Å². The Labute approximate surface area is 717 Å². The lowest BCUT2D eigenvalue weighted by atomic mass is 9.98. The average Bonchev–Trinajstić information content (AvgIpc) is 1.69. The first-order valence-corrected chi connectivity index (χ1v) is 42.0. The molecule has 1 aliphatic rings. The summed E-state index contributed by atoms with van der Waals surface area (Å²) in [5, 5.41) is 73.3. The lowest BCUT2D eigenvalue weighted by Crippen LogP contribution is -2.62. The lowest BCUT2D eigenvalue weighted by molar-refractivity contribution is -0.144. The Morgan fingerprint density at radius 1 is 0.407 bits per heavy atom. The van der Waals surface area contributed by atoms with Crippen LogP contribution in [0.3, 0.4) is 0 Å². The molecule has 123 heavy (non-hydrogen) atoms. The number of rotatable bonds is 51. The van der Waals surface area contributed by atoms with E-state index in [9.17, 15) is 87.5 Å². The number of carboxylic acid groups (broad SMARTS) is 1. The quantitative estimate of drug-likeness (QED) is 0.0203. The molecular weight excluding hydrogens is 1620 g/mol. The molecule has 0 unspecified atom stereocenters. The molecule has 1 saturated heterocycles. The fraction of sp³-hybridized carbons (Fsp3) is 0.512. The van der Waals surface area contributed by atoms with Gasteiger partial charge in [-0.05, 0) is 112 Å². The molecule has 0 aromatic heterocycles. The first kappa shape index (κ1) is 102. The molecule has 0 aliphatic carbocycles. The number of benzene rings is 4. The van der Waals surface area contributed by atoms with Crippen molar-refractivity contribution in [2.24, 2.45) is 29.0 Å². The SMILES string of the molecule is CSCC[C@H](N)C(=O)N[C@@H](C)C(=O)N[C@H](C(=O)N[C@@H](CCC(N)=O)C(=O)N[C@@H](C)C(=O)N[C@@H](Cc1ccccc1)C(=O)N[C@H](C(=O)N[C@@H](CC(C)C)C(=O)N[C@@H](Cc1ccccc1)C(=O)N[C@@H](CCC(N)=O)C(=O)N[C@@H](Cc1ccccc1)C(=O)N1CCC[C@H]1C(=O)N[C@@H](Cc1ccccc1)C(=O)N[C@H](C(=O)N[C@@H](CO)C(=O)O)[C@@H](C)O)C(C)C)[C@@H](C)O. The molecule has 39 heteroatoms. The van der Waals surface area contributed by atoms with Gasteiger partial charge in [-0.2, -0.15) is 11.8 Å². The summed E-state index contributed by atoms with van der Waals surface area (Å²) in [4.78, 5) is 237. The molecule has 1 heterocycles. The monoisotopic (exact) mass is 1730 g/mol. The highest BCUT2D eigenvalue weighted by Crippen LogP contribution is 2.22. The number of carboxylic acids is 1. The summed E-state index contributed by atoms with van der Waals surface area (Å²) in [6.45, 7) is 10.5.